The first kappa shape index (κ1) is 13.1. The SMILES string of the molecule is Cc1n[nH]c(C)c1S(=O)(=O)N1CCN2CCCC2C1. The van der Waals surface area contributed by atoms with E-state index in [1.807, 2.05) is 0 Å². The van der Waals surface area contributed by atoms with Crippen molar-refractivity contribution >= 4 is 10.0 Å². The van der Waals surface area contributed by atoms with Gasteiger partial charge in [0.15, 0.2) is 0 Å². The molecule has 1 aromatic heterocycles. The van der Waals surface area contributed by atoms with Crippen molar-refractivity contribution in [2.75, 3.05) is 26.2 Å². The van der Waals surface area contributed by atoms with E-state index in [9.17, 15) is 8.42 Å². The van der Waals surface area contributed by atoms with Crippen LogP contribution in [0.4, 0.5) is 0 Å². The van der Waals surface area contributed by atoms with Crippen molar-refractivity contribution in [2.24, 2.45) is 0 Å². The fourth-order valence-electron chi connectivity index (χ4n) is 3.23. The maximum absolute atomic E-state index is 12.7. The molecule has 0 saturated carbocycles. The van der Waals surface area contributed by atoms with Crippen molar-refractivity contribution in [3.8, 4) is 0 Å². The highest BCUT2D eigenvalue weighted by Crippen LogP contribution is 2.27. The summed E-state index contributed by atoms with van der Waals surface area (Å²) in [4.78, 5) is 2.76. The molecule has 0 radical (unpaired) electrons. The van der Waals surface area contributed by atoms with Gasteiger partial charge in [-0.3, -0.25) is 10.00 Å². The van der Waals surface area contributed by atoms with Gasteiger partial charge in [0.05, 0.1) is 11.4 Å². The van der Waals surface area contributed by atoms with E-state index in [0.29, 0.717) is 35.4 Å². The predicted octanol–water partition coefficient (Wildman–Crippen LogP) is 0.495. The zero-order chi connectivity index (χ0) is 13.6. The lowest BCUT2D eigenvalue weighted by Crippen LogP contribution is -2.52. The topological polar surface area (TPSA) is 69.3 Å². The average Bonchev–Trinajstić information content (AvgIpc) is 2.95. The highest BCUT2D eigenvalue weighted by Gasteiger charge is 2.37. The van der Waals surface area contributed by atoms with Crippen LogP contribution in [0.15, 0.2) is 4.90 Å². The molecule has 0 aliphatic carbocycles. The molecular weight excluding hydrogens is 264 g/mol. The summed E-state index contributed by atoms with van der Waals surface area (Å²) >= 11 is 0. The third-order valence-corrected chi connectivity index (χ3v) is 6.34. The average molecular weight is 284 g/mol. The molecule has 0 bridgehead atoms. The Balaban J connectivity index is 1.89. The Morgan fingerprint density at radius 2 is 2.05 bits per heavy atom. The van der Waals surface area contributed by atoms with E-state index in [4.69, 9.17) is 0 Å². The number of nitrogens with one attached hydrogen (secondary N) is 1. The zero-order valence-corrected chi connectivity index (χ0v) is 12.2. The second-order valence-corrected chi connectivity index (χ2v) is 7.33. The maximum Gasteiger partial charge on any atom is 0.246 e. The van der Waals surface area contributed by atoms with Crippen LogP contribution >= 0.6 is 0 Å². The maximum atomic E-state index is 12.7. The van der Waals surface area contributed by atoms with Gasteiger partial charge in [-0.1, -0.05) is 0 Å². The van der Waals surface area contributed by atoms with Crippen LogP contribution in [0.3, 0.4) is 0 Å². The van der Waals surface area contributed by atoms with E-state index < -0.39 is 10.0 Å². The highest BCUT2D eigenvalue weighted by atomic mass is 32.2. The van der Waals surface area contributed by atoms with Crippen molar-refractivity contribution in [1.29, 1.82) is 0 Å². The third-order valence-electron chi connectivity index (χ3n) is 4.21. The van der Waals surface area contributed by atoms with Gasteiger partial charge in [-0.05, 0) is 33.2 Å². The fraction of sp³-hybridized carbons (Fsp3) is 0.750. The number of sulfonamides is 1. The monoisotopic (exact) mass is 284 g/mol. The Bertz CT molecular complexity index is 561. The largest absolute Gasteiger partial charge is 0.298 e. The molecule has 106 valence electrons. The standard InChI is InChI=1S/C12H20N4O2S/c1-9-12(10(2)14-13-9)19(17,18)16-7-6-15-5-3-4-11(15)8-16/h11H,3-8H2,1-2H3,(H,13,14). The molecule has 0 amide bonds. The van der Waals surface area contributed by atoms with Crippen molar-refractivity contribution in [2.45, 2.75) is 37.6 Å². The molecule has 7 heteroatoms. The molecule has 3 rings (SSSR count). The summed E-state index contributed by atoms with van der Waals surface area (Å²) in [5.74, 6) is 0. The van der Waals surface area contributed by atoms with Crippen molar-refractivity contribution < 1.29 is 8.42 Å². The van der Waals surface area contributed by atoms with Gasteiger partial charge in [0.2, 0.25) is 10.0 Å². The molecule has 19 heavy (non-hydrogen) atoms. The van der Waals surface area contributed by atoms with Gasteiger partial charge < -0.3 is 0 Å². The van der Waals surface area contributed by atoms with Crippen LogP contribution in [0, 0.1) is 13.8 Å². The minimum Gasteiger partial charge on any atom is -0.298 e. The Hall–Kier alpha value is -0.920. The van der Waals surface area contributed by atoms with Crippen LogP contribution in [0.2, 0.25) is 0 Å². The lowest BCUT2D eigenvalue weighted by Gasteiger charge is -2.36. The van der Waals surface area contributed by atoms with Crippen LogP contribution in [-0.4, -0.2) is 60.0 Å². The van der Waals surface area contributed by atoms with Gasteiger partial charge in [0.1, 0.15) is 4.90 Å². The van der Waals surface area contributed by atoms with Crippen LogP contribution < -0.4 is 0 Å². The molecule has 2 fully saturated rings. The van der Waals surface area contributed by atoms with E-state index in [-0.39, 0.29) is 0 Å². The number of nitrogens with zero attached hydrogens (tertiary/aromatic N) is 3. The number of aromatic nitrogens is 2. The van der Waals surface area contributed by atoms with E-state index in [1.54, 1.807) is 18.2 Å². The lowest BCUT2D eigenvalue weighted by molar-refractivity contribution is 0.158. The third kappa shape index (κ3) is 2.09. The Kier molecular flexibility index (Phi) is 3.15. The number of hydrogen-bond donors (Lipinski definition) is 1. The summed E-state index contributed by atoms with van der Waals surface area (Å²) in [6.07, 6.45) is 2.29. The smallest absolute Gasteiger partial charge is 0.246 e. The molecule has 2 saturated heterocycles. The molecule has 1 aromatic rings. The zero-order valence-electron chi connectivity index (χ0n) is 11.4. The molecule has 2 aliphatic heterocycles. The Morgan fingerprint density at radius 1 is 1.26 bits per heavy atom. The number of aryl methyl sites for hydroxylation is 2. The van der Waals surface area contributed by atoms with Crippen LogP contribution in [0.5, 0.6) is 0 Å². The van der Waals surface area contributed by atoms with E-state index in [0.717, 1.165) is 19.5 Å². The van der Waals surface area contributed by atoms with E-state index in [2.05, 4.69) is 15.1 Å². The number of H-pyrrole nitrogens is 1. The van der Waals surface area contributed by atoms with Gasteiger partial charge >= 0.3 is 0 Å². The number of piperazine rings is 1. The van der Waals surface area contributed by atoms with Gasteiger partial charge in [0.25, 0.3) is 0 Å². The summed E-state index contributed by atoms with van der Waals surface area (Å²) < 4.78 is 27.1. The molecule has 6 nitrogen and oxygen atoms in total. The lowest BCUT2D eigenvalue weighted by atomic mass is 10.2. The van der Waals surface area contributed by atoms with Crippen LogP contribution in [0.25, 0.3) is 0 Å². The summed E-state index contributed by atoms with van der Waals surface area (Å²) in [7, 11) is -3.41. The fourth-order valence-corrected chi connectivity index (χ4v) is 5.03. The number of rotatable bonds is 2. The second-order valence-electron chi connectivity index (χ2n) is 5.46. The molecule has 1 unspecified atom stereocenters. The summed E-state index contributed by atoms with van der Waals surface area (Å²) in [5, 5.41) is 6.76. The second kappa shape index (κ2) is 4.57. The quantitative estimate of drug-likeness (QED) is 0.858. The van der Waals surface area contributed by atoms with Crippen molar-refractivity contribution in [1.82, 2.24) is 19.4 Å². The molecule has 1 atom stereocenters. The number of aromatic amines is 1. The first-order chi connectivity index (χ1) is 9.00. The van der Waals surface area contributed by atoms with E-state index in [1.165, 1.54) is 6.42 Å². The Labute approximate surface area is 113 Å². The summed E-state index contributed by atoms with van der Waals surface area (Å²) in [6.45, 7) is 6.67. The minimum absolute atomic E-state index is 0.360. The predicted molar refractivity (Wildman–Crippen MR) is 71.4 cm³/mol. The molecular formula is C12H20N4O2S. The first-order valence-electron chi connectivity index (χ1n) is 6.76. The molecule has 2 aliphatic rings. The van der Waals surface area contributed by atoms with Gasteiger partial charge in [-0.25, -0.2) is 8.42 Å². The van der Waals surface area contributed by atoms with Gasteiger partial charge in [-0.15, -0.1) is 0 Å². The van der Waals surface area contributed by atoms with Gasteiger partial charge in [0, 0.05) is 25.7 Å². The molecule has 0 aromatic carbocycles. The molecule has 0 spiro atoms. The van der Waals surface area contributed by atoms with Crippen molar-refractivity contribution in [3.05, 3.63) is 11.4 Å². The molecule has 3 heterocycles. The van der Waals surface area contributed by atoms with Crippen molar-refractivity contribution in [3.63, 3.8) is 0 Å². The van der Waals surface area contributed by atoms with E-state index >= 15 is 0 Å². The minimum atomic E-state index is -3.41. The first-order valence-corrected chi connectivity index (χ1v) is 8.20. The van der Waals surface area contributed by atoms with Gasteiger partial charge in [-0.2, -0.15) is 9.40 Å². The van der Waals surface area contributed by atoms with Crippen LogP contribution in [-0.2, 0) is 10.0 Å². The van der Waals surface area contributed by atoms with Crippen LogP contribution in [0.1, 0.15) is 24.2 Å². The normalized spacial score (nSPS) is 25.7. The summed E-state index contributed by atoms with van der Waals surface area (Å²) in [5.41, 5.74) is 1.19. The number of fused-ring (bicyclic) bond motifs is 1. The number of hydrogen-bond acceptors (Lipinski definition) is 4. The summed E-state index contributed by atoms with van der Waals surface area (Å²) in [6, 6.07) is 0.399. The Morgan fingerprint density at radius 3 is 2.74 bits per heavy atom. The highest BCUT2D eigenvalue weighted by molar-refractivity contribution is 7.89. The molecule has 1 N–H and O–H groups in total.